The highest BCUT2D eigenvalue weighted by atomic mass is 32.2. The molecule has 0 N–H and O–H groups in total. The van der Waals surface area contributed by atoms with Gasteiger partial charge in [-0.2, -0.15) is 0 Å². The highest BCUT2D eigenvalue weighted by molar-refractivity contribution is 7.99. The molecule has 3 nitrogen and oxygen atoms in total. The second-order valence-corrected chi connectivity index (χ2v) is 5.47. The zero-order valence-corrected chi connectivity index (χ0v) is 12.0. The van der Waals surface area contributed by atoms with Crippen LogP contribution >= 0.6 is 11.8 Å². The van der Waals surface area contributed by atoms with Gasteiger partial charge in [0.15, 0.2) is 5.16 Å². The number of hydrogen-bond donors (Lipinski definition) is 0. The van der Waals surface area contributed by atoms with E-state index >= 15 is 0 Å². The van der Waals surface area contributed by atoms with E-state index in [4.69, 9.17) is 0 Å². The summed E-state index contributed by atoms with van der Waals surface area (Å²) in [6, 6.07) is 8.45. The van der Waals surface area contributed by atoms with Crippen molar-refractivity contribution < 1.29 is 0 Å². The summed E-state index contributed by atoms with van der Waals surface area (Å²) in [7, 11) is 0. The maximum absolute atomic E-state index is 4.27. The van der Waals surface area contributed by atoms with Crippen LogP contribution in [0.4, 0.5) is 0 Å². The number of thioether (sulfide) groups is 1. The van der Waals surface area contributed by atoms with Crippen LogP contribution < -0.4 is 0 Å². The standard InChI is InChI=1S/C14H19N3S/c1-4-5-9-18-14-16-15-12(3)17(14)13-8-6-7-11(2)10-13/h6-8,10H,4-5,9H2,1-3H3. The first kappa shape index (κ1) is 13.1. The largest absolute Gasteiger partial charge is 0.274 e. The maximum atomic E-state index is 4.27. The van der Waals surface area contributed by atoms with Crippen molar-refractivity contribution in [3.8, 4) is 5.69 Å². The smallest absolute Gasteiger partial charge is 0.195 e. The molecular weight excluding hydrogens is 242 g/mol. The van der Waals surface area contributed by atoms with Gasteiger partial charge in [-0.3, -0.25) is 4.57 Å². The fraction of sp³-hybridized carbons (Fsp3) is 0.429. The molecule has 1 aromatic carbocycles. The Balaban J connectivity index is 2.29. The molecule has 96 valence electrons. The van der Waals surface area contributed by atoms with E-state index in [1.165, 1.54) is 18.4 Å². The summed E-state index contributed by atoms with van der Waals surface area (Å²) in [6.45, 7) is 6.31. The van der Waals surface area contributed by atoms with Gasteiger partial charge in [-0.15, -0.1) is 10.2 Å². The number of rotatable bonds is 5. The second-order valence-electron chi connectivity index (χ2n) is 4.41. The summed E-state index contributed by atoms with van der Waals surface area (Å²) in [6.07, 6.45) is 2.43. The third kappa shape index (κ3) is 2.93. The second kappa shape index (κ2) is 6.05. The van der Waals surface area contributed by atoms with Gasteiger partial charge in [-0.05, 0) is 38.0 Å². The van der Waals surface area contributed by atoms with Crippen LogP contribution in [0.1, 0.15) is 31.2 Å². The normalized spacial score (nSPS) is 10.8. The lowest BCUT2D eigenvalue weighted by molar-refractivity contribution is 0.854. The Morgan fingerprint density at radius 1 is 1.22 bits per heavy atom. The lowest BCUT2D eigenvalue weighted by Gasteiger charge is -2.08. The third-order valence-corrected chi connectivity index (χ3v) is 3.80. The molecule has 0 saturated heterocycles. The SMILES string of the molecule is CCCCSc1nnc(C)n1-c1cccc(C)c1. The minimum Gasteiger partial charge on any atom is -0.274 e. The molecule has 0 bridgehead atoms. The molecule has 2 rings (SSSR count). The summed E-state index contributed by atoms with van der Waals surface area (Å²) in [5, 5.41) is 9.46. The van der Waals surface area contributed by atoms with Crippen molar-refractivity contribution in [2.24, 2.45) is 0 Å². The zero-order valence-electron chi connectivity index (χ0n) is 11.2. The van der Waals surface area contributed by atoms with Crippen molar-refractivity contribution in [1.82, 2.24) is 14.8 Å². The molecule has 1 aromatic heterocycles. The summed E-state index contributed by atoms with van der Waals surface area (Å²) in [5.41, 5.74) is 2.40. The number of hydrogen-bond acceptors (Lipinski definition) is 3. The summed E-state index contributed by atoms with van der Waals surface area (Å²) in [5.74, 6) is 2.04. The molecule has 0 aliphatic heterocycles. The third-order valence-electron chi connectivity index (χ3n) is 2.78. The first-order valence-electron chi connectivity index (χ1n) is 6.34. The molecule has 0 aliphatic rings. The van der Waals surface area contributed by atoms with E-state index in [9.17, 15) is 0 Å². The van der Waals surface area contributed by atoms with E-state index in [0.717, 1.165) is 22.4 Å². The minimum atomic E-state index is 0.944. The predicted molar refractivity (Wildman–Crippen MR) is 76.5 cm³/mol. The van der Waals surface area contributed by atoms with E-state index in [-0.39, 0.29) is 0 Å². The fourth-order valence-electron chi connectivity index (χ4n) is 1.81. The van der Waals surface area contributed by atoms with Crippen molar-refractivity contribution in [2.45, 2.75) is 38.8 Å². The van der Waals surface area contributed by atoms with Crippen LogP contribution in [-0.2, 0) is 0 Å². The molecule has 1 heterocycles. The Kier molecular flexibility index (Phi) is 4.42. The maximum Gasteiger partial charge on any atom is 0.195 e. The number of benzene rings is 1. The van der Waals surface area contributed by atoms with Crippen molar-refractivity contribution in [3.63, 3.8) is 0 Å². The summed E-state index contributed by atoms with van der Waals surface area (Å²) in [4.78, 5) is 0. The minimum absolute atomic E-state index is 0.944. The molecule has 0 spiro atoms. The molecule has 0 aliphatic carbocycles. The Morgan fingerprint density at radius 3 is 2.78 bits per heavy atom. The van der Waals surface area contributed by atoms with Gasteiger partial charge in [0, 0.05) is 11.4 Å². The Bertz CT molecular complexity index is 520. The number of aromatic nitrogens is 3. The lowest BCUT2D eigenvalue weighted by Crippen LogP contribution is -1.99. The van der Waals surface area contributed by atoms with Crippen molar-refractivity contribution >= 4 is 11.8 Å². The molecular formula is C14H19N3S. The number of nitrogens with zero attached hydrogens (tertiary/aromatic N) is 3. The van der Waals surface area contributed by atoms with Crippen LogP contribution in [0.2, 0.25) is 0 Å². The molecule has 4 heteroatoms. The van der Waals surface area contributed by atoms with Crippen molar-refractivity contribution in [3.05, 3.63) is 35.7 Å². The monoisotopic (exact) mass is 261 g/mol. The van der Waals surface area contributed by atoms with Gasteiger partial charge in [-0.1, -0.05) is 37.2 Å². The molecule has 0 unspecified atom stereocenters. The average molecular weight is 261 g/mol. The van der Waals surface area contributed by atoms with Gasteiger partial charge in [0.2, 0.25) is 0 Å². The van der Waals surface area contributed by atoms with E-state index < -0.39 is 0 Å². The van der Waals surface area contributed by atoms with Gasteiger partial charge in [0.1, 0.15) is 5.82 Å². The van der Waals surface area contributed by atoms with E-state index in [2.05, 4.69) is 52.9 Å². The molecule has 0 radical (unpaired) electrons. The van der Waals surface area contributed by atoms with Crippen LogP contribution in [0.15, 0.2) is 29.4 Å². The van der Waals surface area contributed by atoms with Gasteiger partial charge in [0.25, 0.3) is 0 Å². The Hall–Kier alpha value is -1.29. The molecule has 18 heavy (non-hydrogen) atoms. The van der Waals surface area contributed by atoms with Crippen LogP contribution in [0, 0.1) is 13.8 Å². The van der Waals surface area contributed by atoms with Crippen LogP contribution in [-0.4, -0.2) is 20.5 Å². The first-order valence-corrected chi connectivity index (χ1v) is 7.32. The average Bonchev–Trinajstić information content (AvgIpc) is 2.71. The van der Waals surface area contributed by atoms with Gasteiger partial charge >= 0.3 is 0 Å². The fourth-order valence-corrected chi connectivity index (χ4v) is 2.89. The van der Waals surface area contributed by atoms with E-state index in [1.54, 1.807) is 11.8 Å². The number of unbranched alkanes of at least 4 members (excludes halogenated alkanes) is 1. The zero-order chi connectivity index (χ0) is 13.0. The van der Waals surface area contributed by atoms with Gasteiger partial charge < -0.3 is 0 Å². The van der Waals surface area contributed by atoms with Gasteiger partial charge in [-0.25, -0.2) is 0 Å². The molecule has 2 aromatic rings. The molecule has 0 atom stereocenters. The van der Waals surface area contributed by atoms with Crippen LogP contribution in [0.25, 0.3) is 5.69 Å². The van der Waals surface area contributed by atoms with Crippen LogP contribution in [0.3, 0.4) is 0 Å². The summed E-state index contributed by atoms with van der Waals surface area (Å²) < 4.78 is 2.13. The first-order chi connectivity index (χ1) is 8.72. The number of aryl methyl sites for hydroxylation is 2. The lowest BCUT2D eigenvalue weighted by atomic mass is 10.2. The highest BCUT2D eigenvalue weighted by Crippen LogP contribution is 2.23. The van der Waals surface area contributed by atoms with E-state index in [0.29, 0.717) is 0 Å². The van der Waals surface area contributed by atoms with Crippen molar-refractivity contribution in [1.29, 1.82) is 0 Å². The molecule has 0 amide bonds. The Labute approximate surface area is 113 Å². The van der Waals surface area contributed by atoms with Crippen molar-refractivity contribution in [2.75, 3.05) is 5.75 Å². The highest BCUT2D eigenvalue weighted by Gasteiger charge is 2.10. The molecule has 0 saturated carbocycles. The van der Waals surface area contributed by atoms with E-state index in [1.807, 2.05) is 6.92 Å². The topological polar surface area (TPSA) is 30.7 Å². The quantitative estimate of drug-likeness (QED) is 0.606. The molecule has 0 fully saturated rings. The predicted octanol–water partition coefficient (Wildman–Crippen LogP) is 3.78. The Morgan fingerprint density at radius 2 is 2.06 bits per heavy atom. The summed E-state index contributed by atoms with van der Waals surface area (Å²) >= 11 is 1.78. The van der Waals surface area contributed by atoms with Gasteiger partial charge in [0.05, 0.1) is 0 Å². The van der Waals surface area contributed by atoms with Crippen LogP contribution in [0.5, 0.6) is 0 Å².